The third-order valence-corrected chi connectivity index (χ3v) is 2.87. The van der Waals surface area contributed by atoms with E-state index in [2.05, 4.69) is 15.9 Å². The molecule has 1 nitrogen and oxygen atoms in total. The van der Waals surface area contributed by atoms with Gasteiger partial charge >= 0.3 is 0 Å². The maximum Gasteiger partial charge on any atom is 0.150 e. The van der Waals surface area contributed by atoms with Gasteiger partial charge in [0.15, 0.2) is 0 Å². The summed E-state index contributed by atoms with van der Waals surface area (Å²) in [5, 5.41) is 0. The van der Waals surface area contributed by atoms with Crippen LogP contribution < -0.4 is 0 Å². The molecule has 2 aromatic carbocycles. The van der Waals surface area contributed by atoms with Crippen molar-refractivity contribution in [3.63, 3.8) is 0 Å². The van der Waals surface area contributed by atoms with Crippen LogP contribution in [0.5, 0.6) is 0 Å². The molecule has 74 valence electrons. The molecule has 0 radical (unpaired) electrons. The molecule has 0 N–H and O–H groups in total. The number of carbonyl (C=O) groups excluding carboxylic acids is 1. The van der Waals surface area contributed by atoms with Gasteiger partial charge in [0.2, 0.25) is 0 Å². The molecule has 0 atom stereocenters. The van der Waals surface area contributed by atoms with Gasteiger partial charge in [0, 0.05) is 10.0 Å². The van der Waals surface area contributed by atoms with Crippen LogP contribution in [0.25, 0.3) is 11.1 Å². The molecular weight excluding hydrogens is 252 g/mol. The third kappa shape index (κ3) is 2.16. The Kier molecular flexibility index (Phi) is 2.97. The Morgan fingerprint density at radius 2 is 1.73 bits per heavy atom. The fraction of sp³-hybridized carbons (Fsp3) is 0. The molecular formula is C13H9BrO. The van der Waals surface area contributed by atoms with E-state index in [1.54, 1.807) is 0 Å². The molecule has 0 aliphatic carbocycles. The van der Waals surface area contributed by atoms with Crippen molar-refractivity contribution >= 4 is 22.2 Å². The first kappa shape index (κ1) is 10.1. The number of hydrogen-bond donors (Lipinski definition) is 0. The molecule has 0 fully saturated rings. The smallest absolute Gasteiger partial charge is 0.150 e. The monoisotopic (exact) mass is 260 g/mol. The lowest BCUT2D eigenvalue weighted by atomic mass is 10.0. The fourth-order valence-corrected chi connectivity index (χ4v) is 2.08. The summed E-state index contributed by atoms with van der Waals surface area (Å²) in [6, 6.07) is 15.7. The lowest BCUT2D eigenvalue weighted by Gasteiger charge is -2.04. The molecule has 0 aliphatic heterocycles. The second-order valence-electron chi connectivity index (χ2n) is 3.22. The molecule has 0 saturated carbocycles. The van der Waals surface area contributed by atoms with Gasteiger partial charge in [-0.05, 0) is 17.2 Å². The van der Waals surface area contributed by atoms with Crippen molar-refractivity contribution in [2.45, 2.75) is 0 Å². The first-order valence-electron chi connectivity index (χ1n) is 4.61. The number of hydrogen-bond acceptors (Lipinski definition) is 1. The Morgan fingerprint density at radius 3 is 2.33 bits per heavy atom. The van der Waals surface area contributed by atoms with Gasteiger partial charge in [-0.1, -0.05) is 58.4 Å². The van der Waals surface area contributed by atoms with Gasteiger partial charge in [-0.3, -0.25) is 4.79 Å². The van der Waals surface area contributed by atoms with Gasteiger partial charge in [-0.25, -0.2) is 0 Å². The van der Waals surface area contributed by atoms with Crippen LogP contribution in [-0.2, 0) is 0 Å². The van der Waals surface area contributed by atoms with Crippen molar-refractivity contribution in [1.29, 1.82) is 0 Å². The van der Waals surface area contributed by atoms with Crippen LogP contribution in [0.4, 0.5) is 0 Å². The van der Waals surface area contributed by atoms with Gasteiger partial charge in [0.05, 0.1) is 0 Å². The summed E-state index contributed by atoms with van der Waals surface area (Å²) >= 11 is 3.47. The fourth-order valence-electron chi connectivity index (χ4n) is 1.46. The lowest BCUT2D eigenvalue weighted by Crippen LogP contribution is -1.83. The van der Waals surface area contributed by atoms with Gasteiger partial charge in [0.1, 0.15) is 6.29 Å². The third-order valence-electron chi connectivity index (χ3n) is 2.21. The minimum absolute atomic E-state index is 0.682. The van der Waals surface area contributed by atoms with Gasteiger partial charge in [-0.15, -0.1) is 0 Å². The minimum Gasteiger partial charge on any atom is -0.298 e. The van der Waals surface area contributed by atoms with Gasteiger partial charge < -0.3 is 0 Å². The maximum atomic E-state index is 10.6. The van der Waals surface area contributed by atoms with Crippen molar-refractivity contribution < 1.29 is 4.79 Å². The largest absolute Gasteiger partial charge is 0.298 e. The van der Waals surface area contributed by atoms with Gasteiger partial charge in [-0.2, -0.15) is 0 Å². The molecule has 2 rings (SSSR count). The zero-order valence-corrected chi connectivity index (χ0v) is 9.57. The van der Waals surface area contributed by atoms with Crippen LogP contribution >= 0.6 is 15.9 Å². The second-order valence-corrected chi connectivity index (χ2v) is 4.08. The molecule has 0 aliphatic rings. The first-order valence-corrected chi connectivity index (χ1v) is 5.41. The Morgan fingerprint density at radius 1 is 1.00 bits per heavy atom. The molecule has 0 amide bonds. The van der Waals surface area contributed by atoms with E-state index in [1.165, 1.54) is 0 Å². The summed E-state index contributed by atoms with van der Waals surface area (Å²) < 4.78 is 0.943. The Bertz CT molecular complexity index is 477. The summed E-state index contributed by atoms with van der Waals surface area (Å²) in [7, 11) is 0. The molecule has 2 heteroatoms. The van der Waals surface area contributed by atoms with Crippen LogP contribution in [0, 0.1) is 0 Å². The molecule has 0 saturated heterocycles. The normalized spacial score (nSPS) is 9.93. The summed E-state index contributed by atoms with van der Waals surface area (Å²) in [4.78, 5) is 10.6. The first-order chi connectivity index (χ1) is 7.31. The Hall–Kier alpha value is -1.41. The zero-order chi connectivity index (χ0) is 10.7. The van der Waals surface area contributed by atoms with E-state index in [9.17, 15) is 4.79 Å². The number of carbonyl (C=O) groups is 1. The van der Waals surface area contributed by atoms with E-state index >= 15 is 0 Å². The van der Waals surface area contributed by atoms with Crippen LogP contribution in [0.15, 0.2) is 53.0 Å². The summed E-state index contributed by atoms with van der Waals surface area (Å²) in [6.45, 7) is 0. The van der Waals surface area contributed by atoms with Crippen molar-refractivity contribution in [2.75, 3.05) is 0 Å². The Labute approximate surface area is 96.9 Å². The molecule has 0 aromatic heterocycles. The highest BCUT2D eigenvalue weighted by atomic mass is 79.9. The number of rotatable bonds is 2. The van der Waals surface area contributed by atoms with E-state index in [1.807, 2.05) is 48.5 Å². The van der Waals surface area contributed by atoms with Crippen molar-refractivity contribution in [1.82, 2.24) is 0 Å². The minimum atomic E-state index is 0.682. The average Bonchev–Trinajstić information content (AvgIpc) is 2.30. The van der Waals surface area contributed by atoms with Crippen LogP contribution in [0.1, 0.15) is 10.4 Å². The van der Waals surface area contributed by atoms with Crippen molar-refractivity contribution in [2.24, 2.45) is 0 Å². The summed E-state index contributed by atoms with van der Waals surface area (Å²) in [5.74, 6) is 0. The van der Waals surface area contributed by atoms with Crippen LogP contribution in [-0.4, -0.2) is 6.29 Å². The average molecular weight is 261 g/mol. The predicted octanol–water partition coefficient (Wildman–Crippen LogP) is 3.93. The number of benzene rings is 2. The SMILES string of the molecule is O=Cc1ccc(-c2ccccc2)c(Br)c1. The Balaban J connectivity index is 2.51. The summed E-state index contributed by atoms with van der Waals surface area (Å²) in [5.41, 5.74) is 2.92. The van der Waals surface area contributed by atoms with Crippen molar-refractivity contribution in [3.8, 4) is 11.1 Å². The molecule has 2 aromatic rings. The highest BCUT2D eigenvalue weighted by Crippen LogP contribution is 2.28. The van der Waals surface area contributed by atoms with E-state index in [-0.39, 0.29) is 0 Å². The zero-order valence-electron chi connectivity index (χ0n) is 7.98. The standard InChI is InChI=1S/C13H9BrO/c14-13-8-10(9-15)6-7-12(13)11-4-2-1-3-5-11/h1-9H. The van der Waals surface area contributed by atoms with E-state index in [4.69, 9.17) is 0 Å². The van der Waals surface area contributed by atoms with Crippen LogP contribution in [0.2, 0.25) is 0 Å². The summed E-state index contributed by atoms with van der Waals surface area (Å²) in [6.07, 6.45) is 0.847. The van der Waals surface area contributed by atoms with E-state index < -0.39 is 0 Å². The molecule has 0 unspecified atom stereocenters. The topological polar surface area (TPSA) is 17.1 Å². The lowest BCUT2D eigenvalue weighted by molar-refractivity contribution is 0.112. The van der Waals surface area contributed by atoms with E-state index in [0.29, 0.717) is 5.56 Å². The highest BCUT2D eigenvalue weighted by Gasteiger charge is 2.02. The predicted molar refractivity (Wildman–Crippen MR) is 65.0 cm³/mol. The van der Waals surface area contributed by atoms with Crippen molar-refractivity contribution in [3.05, 3.63) is 58.6 Å². The van der Waals surface area contributed by atoms with Gasteiger partial charge in [0.25, 0.3) is 0 Å². The number of halogens is 1. The van der Waals surface area contributed by atoms with E-state index in [0.717, 1.165) is 21.9 Å². The van der Waals surface area contributed by atoms with Crippen LogP contribution in [0.3, 0.4) is 0 Å². The molecule has 0 spiro atoms. The molecule has 15 heavy (non-hydrogen) atoms. The molecule has 0 bridgehead atoms. The number of aldehydes is 1. The molecule has 0 heterocycles. The highest BCUT2D eigenvalue weighted by molar-refractivity contribution is 9.10. The second kappa shape index (κ2) is 4.41. The maximum absolute atomic E-state index is 10.6. The quantitative estimate of drug-likeness (QED) is 0.748.